The smallest absolute Gasteiger partial charge is 0.251 e. The molecule has 0 aliphatic rings. The fourth-order valence-corrected chi connectivity index (χ4v) is 1.79. The molecule has 8 nitrogen and oxygen atoms in total. The number of aliphatic imine (C=N–C) groups is 1. The zero-order chi connectivity index (χ0) is 20.2. The summed E-state index contributed by atoms with van der Waals surface area (Å²) in [5.41, 5.74) is 1.52. The largest absolute Gasteiger partial charge is 0.479 e. The van der Waals surface area contributed by atoms with Crippen LogP contribution >= 0.6 is 23.2 Å². The molecule has 0 unspecified atom stereocenters. The monoisotopic (exact) mass is 412 g/mol. The predicted molar refractivity (Wildman–Crippen MR) is 107 cm³/mol. The van der Waals surface area contributed by atoms with E-state index >= 15 is 0 Å². The maximum Gasteiger partial charge on any atom is 0.251 e. The summed E-state index contributed by atoms with van der Waals surface area (Å²) in [5, 5.41) is 0.304. The topological polar surface area (TPSA) is 99.2 Å². The second-order valence-corrected chi connectivity index (χ2v) is 5.97. The van der Waals surface area contributed by atoms with Crippen LogP contribution in [0, 0.1) is 5.92 Å². The van der Waals surface area contributed by atoms with E-state index in [9.17, 15) is 0 Å². The van der Waals surface area contributed by atoms with Crippen molar-refractivity contribution in [3.8, 4) is 5.88 Å². The molecule has 146 valence electrons. The second-order valence-electron chi connectivity index (χ2n) is 5.30. The lowest BCUT2D eigenvalue weighted by Gasteiger charge is -2.00. The molecule has 10 heteroatoms. The maximum atomic E-state index is 5.49. The fourth-order valence-electron chi connectivity index (χ4n) is 1.53. The highest BCUT2D eigenvalue weighted by atomic mass is 35.5. The average molecular weight is 413 g/mol. The quantitative estimate of drug-likeness (QED) is 0.429. The molecule has 0 saturated carbocycles. The standard InChI is InChI=1S/C6H6ClN3O.C6H14.C5H2ClN3O/c1-8-4-3-9-6(7)10-5(4)11-2;1-4-6(3)5-2;6-5-7-1-3-4(9-5)10-2-8-3/h3H,1H2,2H3;6H,4-5H2,1-3H3;1-2H. The van der Waals surface area contributed by atoms with Gasteiger partial charge in [0.15, 0.2) is 6.39 Å². The first-order valence-electron chi connectivity index (χ1n) is 8.20. The molecule has 3 rings (SSSR count). The number of ether oxygens (including phenoxy) is 1. The summed E-state index contributed by atoms with van der Waals surface area (Å²) >= 11 is 11.0. The van der Waals surface area contributed by atoms with Crippen LogP contribution < -0.4 is 4.74 Å². The van der Waals surface area contributed by atoms with E-state index in [-0.39, 0.29) is 10.6 Å². The van der Waals surface area contributed by atoms with Gasteiger partial charge < -0.3 is 9.15 Å². The Balaban J connectivity index is 0.000000212. The van der Waals surface area contributed by atoms with Crippen LogP contribution in [0.2, 0.25) is 10.6 Å². The van der Waals surface area contributed by atoms with E-state index in [0.29, 0.717) is 22.8 Å². The van der Waals surface area contributed by atoms with Crippen molar-refractivity contribution in [1.82, 2.24) is 24.9 Å². The van der Waals surface area contributed by atoms with Crippen molar-refractivity contribution in [2.45, 2.75) is 33.6 Å². The van der Waals surface area contributed by atoms with Crippen molar-refractivity contribution in [2.24, 2.45) is 10.9 Å². The number of nitrogens with zero attached hydrogens (tertiary/aromatic N) is 6. The van der Waals surface area contributed by atoms with Gasteiger partial charge in [0.2, 0.25) is 16.4 Å². The molecule has 0 atom stereocenters. The van der Waals surface area contributed by atoms with Crippen LogP contribution in [-0.2, 0) is 0 Å². The Bertz CT molecular complexity index is 839. The van der Waals surface area contributed by atoms with Gasteiger partial charge in [0.05, 0.1) is 19.5 Å². The van der Waals surface area contributed by atoms with Crippen molar-refractivity contribution in [2.75, 3.05) is 7.11 Å². The molecule has 0 bridgehead atoms. The van der Waals surface area contributed by atoms with Crippen molar-refractivity contribution in [3.05, 3.63) is 29.4 Å². The average Bonchev–Trinajstić information content (AvgIpc) is 3.15. The summed E-state index contributed by atoms with van der Waals surface area (Å²) in [5.74, 6) is 1.27. The normalized spacial score (nSPS) is 9.89. The minimum atomic E-state index is 0.134. The van der Waals surface area contributed by atoms with Gasteiger partial charge in [-0.15, -0.1) is 0 Å². The molecule has 0 saturated heterocycles. The van der Waals surface area contributed by atoms with Crippen LogP contribution in [0.3, 0.4) is 0 Å². The first-order chi connectivity index (χ1) is 12.9. The first-order valence-corrected chi connectivity index (χ1v) is 8.95. The molecule has 0 radical (unpaired) electrons. The van der Waals surface area contributed by atoms with Gasteiger partial charge in [-0.05, 0) is 35.8 Å². The summed E-state index contributed by atoms with van der Waals surface area (Å²) in [6, 6.07) is 0. The predicted octanol–water partition coefficient (Wildman–Crippen LogP) is 5.18. The van der Waals surface area contributed by atoms with E-state index in [4.69, 9.17) is 32.4 Å². The van der Waals surface area contributed by atoms with Crippen molar-refractivity contribution in [1.29, 1.82) is 0 Å². The van der Waals surface area contributed by atoms with Crippen LogP contribution in [0.15, 0.2) is 28.2 Å². The van der Waals surface area contributed by atoms with Gasteiger partial charge in [-0.1, -0.05) is 33.6 Å². The van der Waals surface area contributed by atoms with Crippen LogP contribution in [0.5, 0.6) is 5.88 Å². The van der Waals surface area contributed by atoms with E-state index in [0.717, 1.165) is 5.92 Å². The minimum Gasteiger partial charge on any atom is -0.479 e. The lowest BCUT2D eigenvalue weighted by Crippen LogP contribution is -1.89. The van der Waals surface area contributed by atoms with Gasteiger partial charge in [-0.2, -0.15) is 9.97 Å². The molecule has 27 heavy (non-hydrogen) atoms. The molecule has 0 spiro atoms. The highest BCUT2D eigenvalue weighted by Gasteiger charge is 2.03. The summed E-state index contributed by atoms with van der Waals surface area (Å²) in [6.45, 7) is 10.1. The number of oxazole rings is 1. The molecule has 0 amide bonds. The molecule has 0 fully saturated rings. The van der Waals surface area contributed by atoms with Gasteiger partial charge in [-0.25, -0.2) is 15.0 Å². The SMILES string of the molecule is C=Nc1cnc(Cl)nc1OC.CCC(C)CC.Clc1ncc2ncoc2n1. The Labute approximate surface area is 168 Å². The molecule has 0 aliphatic carbocycles. The number of methoxy groups -OCH3 is 1. The van der Waals surface area contributed by atoms with Crippen molar-refractivity contribution >= 4 is 46.8 Å². The minimum absolute atomic E-state index is 0.134. The summed E-state index contributed by atoms with van der Waals surface area (Å²) in [7, 11) is 1.48. The highest BCUT2D eigenvalue weighted by molar-refractivity contribution is 6.28. The third-order valence-electron chi connectivity index (χ3n) is 3.53. The first kappa shape index (κ1) is 22.7. The van der Waals surface area contributed by atoms with E-state index in [1.165, 1.54) is 38.7 Å². The van der Waals surface area contributed by atoms with E-state index in [1.807, 2.05) is 0 Å². The van der Waals surface area contributed by atoms with Crippen LogP contribution in [0.1, 0.15) is 33.6 Å². The van der Waals surface area contributed by atoms with E-state index < -0.39 is 0 Å². The van der Waals surface area contributed by atoms with Crippen molar-refractivity contribution in [3.63, 3.8) is 0 Å². The molecular formula is C17H22Cl2N6O2. The molecule has 0 N–H and O–H groups in total. The Hall–Kier alpha value is -2.32. The Kier molecular flexibility index (Phi) is 10.2. The summed E-state index contributed by atoms with van der Waals surface area (Å²) in [6.07, 6.45) is 6.91. The van der Waals surface area contributed by atoms with Gasteiger partial charge in [0.1, 0.15) is 11.2 Å². The Morgan fingerprint density at radius 2 is 1.74 bits per heavy atom. The van der Waals surface area contributed by atoms with Crippen molar-refractivity contribution < 1.29 is 9.15 Å². The molecule has 3 aromatic heterocycles. The highest BCUT2D eigenvalue weighted by Crippen LogP contribution is 2.23. The molecule has 3 aromatic rings. The molecular weight excluding hydrogens is 391 g/mol. The summed E-state index contributed by atoms with van der Waals surface area (Å²) < 4.78 is 9.70. The number of fused-ring (bicyclic) bond motifs is 1. The van der Waals surface area contributed by atoms with Crippen LogP contribution in [0.25, 0.3) is 11.2 Å². The van der Waals surface area contributed by atoms with Crippen LogP contribution in [0.4, 0.5) is 5.69 Å². The number of rotatable bonds is 4. The van der Waals surface area contributed by atoms with Gasteiger partial charge in [-0.3, -0.25) is 4.99 Å². The number of hydrogen-bond acceptors (Lipinski definition) is 8. The molecule has 0 aromatic carbocycles. The maximum absolute atomic E-state index is 5.49. The van der Waals surface area contributed by atoms with E-state index in [1.54, 1.807) is 0 Å². The van der Waals surface area contributed by atoms with Gasteiger partial charge >= 0.3 is 0 Å². The third-order valence-corrected chi connectivity index (χ3v) is 3.89. The zero-order valence-electron chi connectivity index (χ0n) is 15.7. The second kappa shape index (κ2) is 12.1. The number of aromatic nitrogens is 5. The Morgan fingerprint density at radius 1 is 1.11 bits per heavy atom. The third kappa shape index (κ3) is 7.84. The van der Waals surface area contributed by atoms with Gasteiger partial charge in [0, 0.05) is 0 Å². The number of halogens is 2. The van der Waals surface area contributed by atoms with Gasteiger partial charge in [0.25, 0.3) is 5.71 Å². The fraction of sp³-hybridized carbons (Fsp3) is 0.412. The Morgan fingerprint density at radius 3 is 2.30 bits per heavy atom. The molecule has 0 aliphatic heterocycles. The number of hydrogen-bond donors (Lipinski definition) is 0. The lowest BCUT2D eigenvalue weighted by atomic mass is 10.1. The molecule has 3 heterocycles. The zero-order valence-corrected chi connectivity index (χ0v) is 17.2. The summed E-state index contributed by atoms with van der Waals surface area (Å²) in [4.78, 5) is 22.4. The van der Waals surface area contributed by atoms with Crippen LogP contribution in [-0.4, -0.2) is 38.7 Å². The lowest BCUT2D eigenvalue weighted by molar-refractivity contribution is 0.398. The van der Waals surface area contributed by atoms with E-state index in [2.05, 4.69) is 57.4 Å².